The van der Waals surface area contributed by atoms with Gasteiger partial charge in [-0.05, 0) is 44.9 Å². The fourth-order valence-corrected chi connectivity index (χ4v) is 4.22. The van der Waals surface area contributed by atoms with Crippen molar-refractivity contribution in [2.45, 2.75) is 63.7 Å². The van der Waals surface area contributed by atoms with E-state index in [1.165, 1.54) is 37.9 Å². The zero-order valence-corrected chi connectivity index (χ0v) is 11.6. The summed E-state index contributed by atoms with van der Waals surface area (Å²) >= 11 is 2.17. The van der Waals surface area contributed by atoms with Gasteiger partial charge in [-0.15, -0.1) is 0 Å². The molecular formula is C13H27NS. The molecular weight excluding hydrogens is 202 g/mol. The van der Waals surface area contributed by atoms with Gasteiger partial charge in [0.1, 0.15) is 0 Å². The minimum absolute atomic E-state index is 0.497. The van der Waals surface area contributed by atoms with E-state index < -0.39 is 0 Å². The van der Waals surface area contributed by atoms with Gasteiger partial charge in [-0.2, -0.15) is 11.8 Å². The Labute approximate surface area is 99.8 Å². The van der Waals surface area contributed by atoms with Crippen LogP contribution in [0.2, 0.25) is 0 Å². The molecule has 90 valence electrons. The fourth-order valence-electron chi connectivity index (χ4n) is 2.76. The average molecular weight is 229 g/mol. The van der Waals surface area contributed by atoms with Crippen molar-refractivity contribution < 1.29 is 0 Å². The van der Waals surface area contributed by atoms with Gasteiger partial charge in [0.15, 0.2) is 0 Å². The van der Waals surface area contributed by atoms with Gasteiger partial charge in [-0.1, -0.05) is 26.7 Å². The fraction of sp³-hybridized carbons (Fsp3) is 1.00. The number of hydrogen-bond donors (Lipinski definition) is 1. The molecule has 0 aliphatic carbocycles. The summed E-state index contributed by atoms with van der Waals surface area (Å²) in [6.07, 6.45) is 6.83. The van der Waals surface area contributed by atoms with E-state index in [0.717, 1.165) is 5.92 Å². The maximum Gasteiger partial charge on any atom is 0.0285 e. The molecule has 1 aliphatic rings. The molecule has 0 radical (unpaired) electrons. The molecule has 3 atom stereocenters. The summed E-state index contributed by atoms with van der Waals surface area (Å²) in [5.74, 6) is 2.22. The Hall–Kier alpha value is 0.310. The maximum atomic E-state index is 3.55. The molecule has 0 spiro atoms. The zero-order valence-electron chi connectivity index (χ0n) is 10.8. The summed E-state index contributed by atoms with van der Waals surface area (Å²) in [4.78, 5) is 0. The molecule has 0 amide bonds. The van der Waals surface area contributed by atoms with Crippen LogP contribution in [0.3, 0.4) is 0 Å². The van der Waals surface area contributed by atoms with Crippen LogP contribution < -0.4 is 5.32 Å². The molecule has 3 unspecified atom stereocenters. The van der Waals surface area contributed by atoms with Crippen molar-refractivity contribution in [2.24, 2.45) is 5.92 Å². The molecule has 1 rings (SSSR count). The Morgan fingerprint density at radius 3 is 2.67 bits per heavy atom. The summed E-state index contributed by atoms with van der Waals surface area (Å²) in [7, 11) is 2.13. The van der Waals surface area contributed by atoms with Crippen molar-refractivity contribution in [3.8, 4) is 0 Å². The highest BCUT2D eigenvalue weighted by molar-refractivity contribution is 8.00. The highest BCUT2D eigenvalue weighted by Gasteiger charge is 2.37. The second-order valence-electron chi connectivity index (χ2n) is 5.24. The van der Waals surface area contributed by atoms with Gasteiger partial charge < -0.3 is 5.32 Å². The molecule has 0 aromatic carbocycles. The summed E-state index contributed by atoms with van der Waals surface area (Å²) in [6.45, 7) is 7.14. The lowest BCUT2D eigenvalue weighted by Crippen LogP contribution is -2.44. The summed E-state index contributed by atoms with van der Waals surface area (Å²) in [5, 5.41) is 3.55. The van der Waals surface area contributed by atoms with Gasteiger partial charge in [-0.25, -0.2) is 0 Å². The Balaban J connectivity index is 2.47. The Kier molecular flexibility index (Phi) is 5.48. The van der Waals surface area contributed by atoms with Crippen LogP contribution in [0, 0.1) is 5.92 Å². The predicted molar refractivity (Wildman–Crippen MR) is 71.6 cm³/mol. The lowest BCUT2D eigenvalue weighted by atomic mass is 9.87. The Morgan fingerprint density at radius 2 is 2.20 bits per heavy atom. The van der Waals surface area contributed by atoms with Crippen molar-refractivity contribution >= 4 is 11.8 Å². The molecule has 1 fully saturated rings. The normalized spacial score (nSPS) is 30.4. The lowest BCUT2D eigenvalue weighted by molar-refractivity contribution is 0.338. The van der Waals surface area contributed by atoms with Crippen molar-refractivity contribution in [1.29, 1.82) is 0 Å². The first-order chi connectivity index (χ1) is 7.12. The number of rotatable bonds is 6. The van der Waals surface area contributed by atoms with Crippen LogP contribution in [0.15, 0.2) is 0 Å². The van der Waals surface area contributed by atoms with E-state index in [1.54, 1.807) is 0 Å². The van der Waals surface area contributed by atoms with Gasteiger partial charge in [0.25, 0.3) is 0 Å². The third-order valence-corrected chi connectivity index (χ3v) is 5.40. The first kappa shape index (κ1) is 13.4. The molecule has 1 nitrogen and oxygen atoms in total. The van der Waals surface area contributed by atoms with Crippen LogP contribution in [0.4, 0.5) is 0 Å². The van der Waals surface area contributed by atoms with Crippen molar-refractivity contribution in [3.63, 3.8) is 0 Å². The lowest BCUT2D eigenvalue weighted by Gasteiger charge is -2.35. The summed E-state index contributed by atoms with van der Waals surface area (Å²) in [5.41, 5.74) is 0. The van der Waals surface area contributed by atoms with Crippen LogP contribution in [-0.4, -0.2) is 23.6 Å². The first-order valence-corrected chi connectivity index (χ1v) is 7.42. The second-order valence-corrected chi connectivity index (χ2v) is 6.87. The largest absolute Gasteiger partial charge is 0.316 e. The van der Waals surface area contributed by atoms with Gasteiger partial charge in [0.05, 0.1) is 0 Å². The van der Waals surface area contributed by atoms with Crippen molar-refractivity contribution in [2.75, 3.05) is 12.8 Å². The molecule has 15 heavy (non-hydrogen) atoms. The van der Waals surface area contributed by atoms with E-state index >= 15 is 0 Å². The molecule has 0 aromatic heterocycles. The van der Waals surface area contributed by atoms with Crippen molar-refractivity contribution in [3.05, 3.63) is 0 Å². The Morgan fingerprint density at radius 1 is 1.47 bits per heavy atom. The van der Waals surface area contributed by atoms with Crippen molar-refractivity contribution in [1.82, 2.24) is 5.32 Å². The van der Waals surface area contributed by atoms with E-state index in [0.29, 0.717) is 10.8 Å². The number of thioether (sulfide) groups is 1. The van der Waals surface area contributed by atoms with E-state index in [1.807, 2.05) is 0 Å². The standard InChI is InChI=1S/C13H27NS/c1-5-7-11(2)10-12(14-4)13(3)8-6-9-15-13/h11-12,14H,5-10H2,1-4H3. The topological polar surface area (TPSA) is 12.0 Å². The third kappa shape index (κ3) is 3.67. The minimum Gasteiger partial charge on any atom is -0.316 e. The second kappa shape index (κ2) is 6.15. The van der Waals surface area contributed by atoms with E-state index in [2.05, 4.69) is 44.9 Å². The third-order valence-electron chi connectivity index (χ3n) is 3.75. The smallest absolute Gasteiger partial charge is 0.0285 e. The predicted octanol–water partition coefficient (Wildman–Crippen LogP) is 3.69. The molecule has 1 N–H and O–H groups in total. The van der Waals surface area contributed by atoms with Gasteiger partial charge in [0.2, 0.25) is 0 Å². The molecule has 1 heterocycles. The van der Waals surface area contributed by atoms with Gasteiger partial charge in [0, 0.05) is 10.8 Å². The van der Waals surface area contributed by atoms with E-state index in [-0.39, 0.29) is 0 Å². The van der Waals surface area contributed by atoms with Crippen LogP contribution in [0.5, 0.6) is 0 Å². The molecule has 1 saturated heterocycles. The highest BCUT2D eigenvalue weighted by Crippen LogP contribution is 2.42. The zero-order chi connectivity index (χ0) is 11.3. The molecule has 0 bridgehead atoms. The van der Waals surface area contributed by atoms with Crippen LogP contribution in [0.1, 0.15) is 52.9 Å². The highest BCUT2D eigenvalue weighted by atomic mass is 32.2. The Bertz CT molecular complexity index is 175. The van der Waals surface area contributed by atoms with Crippen LogP contribution in [0.25, 0.3) is 0 Å². The van der Waals surface area contributed by atoms with Crippen LogP contribution >= 0.6 is 11.8 Å². The van der Waals surface area contributed by atoms with Crippen LogP contribution in [-0.2, 0) is 0 Å². The molecule has 0 aromatic rings. The number of nitrogens with one attached hydrogen (secondary N) is 1. The molecule has 1 aliphatic heterocycles. The van der Waals surface area contributed by atoms with E-state index in [4.69, 9.17) is 0 Å². The van der Waals surface area contributed by atoms with Gasteiger partial charge >= 0.3 is 0 Å². The SMILES string of the molecule is CCCC(C)CC(NC)C1(C)CCCS1. The summed E-state index contributed by atoms with van der Waals surface area (Å²) < 4.78 is 0.497. The first-order valence-electron chi connectivity index (χ1n) is 6.43. The van der Waals surface area contributed by atoms with E-state index in [9.17, 15) is 0 Å². The quantitative estimate of drug-likeness (QED) is 0.745. The average Bonchev–Trinajstić information content (AvgIpc) is 2.63. The molecule has 2 heteroatoms. The summed E-state index contributed by atoms with van der Waals surface area (Å²) in [6, 6.07) is 0.701. The number of hydrogen-bond acceptors (Lipinski definition) is 2. The van der Waals surface area contributed by atoms with Gasteiger partial charge in [-0.3, -0.25) is 0 Å². The molecule has 0 saturated carbocycles. The minimum atomic E-state index is 0.497. The monoisotopic (exact) mass is 229 g/mol. The maximum absolute atomic E-state index is 3.55.